The normalized spacial score (nSPS) is 31.7. The van der Waals surface area contributed by atoms with Gasteiger partial charge >= 0.3 is 6.03 Å². The summed E-state index contributed by atoms with van der Waals surface area (Å²) in [6, 6.07) is -0.213. The fourth-order valence-corrected chi connectivity index (χ4v) is 3.32. The van der Waals surface area contributed by atoms with Gasteiger partial charge in [0.15, 0.2) is 0 Å². The fourth-order valence-electron chi connectivity index (χ4n) is 3.32. The highest BCUT2D eigenvalue weighted by Crippen LogP contribution is 2.24. The van der Waals surface area contributed by atoms with Crippen LogP contribution in [-0.2, 0) is 4.79 Å². The second-order valence-corrected chi connectivity index (χ2v) is 5.80. The largest absolute Gasteiger partial charge is 0.325 e. The number of nitrogens with zero attached hydrogens (tertiary/aromatic N) is 2. The van der Waals surface area contributed by atoms with E-state index in [1.54, 1.807) is 0 Å². The summed E-state index contributed by atoms with van der Waals surface area (Å²) >= 11 is 0. The SMILES string of the molecule is O=C1NC2(CCNC2)C(=O)N1CCCN1CCCC1. The smallest absolute Gasteiger partial charge is 0.322 e. The molecule has 6 nitrogen and oxygen atoms in total. The lowest BCUT2D eigenvalue weighted by atomic mass is 9.99. The van der Waals surface area contributed by atoms with Crippen LogP contribution in [0.5, 0.6) is 0 Å². The van der Waals surface area contributed by atoms with Crippen LogP contribution in [0.1, 0.15) is 25.7 Å². The second kappa shape index (κ2) is 5.09. The van der Waals surface area contributed by atoms with E-state index in [1.807, 2.05) is 0 Å². The molecule has 3 heterocycles. The third-order valence-electron chi connectivity index (χ3n) is 4.46. The molecule has 0 aliphatic carbocycles. The van der Waals surface area contributed by atoms with Gasteiger partial charge in [-0.2, -0.15) is 0 Å². The number of imide groups is 1. The zero-order chi connectivity index (χ0) is 13.3. The number of rotatable bonds is 4. The van der Waals surface area contributed by atoms with Gasteiger partial charge in [-0.05, 0) is 51.9 Å². The van der Waals surface area contributed by atoms with Gasteiger partial charge in [0.2, 0.25) is 0 Å². The summed E-state index contributed by atoms with van der Waals surface area (Å²) in [7, 11) is 0. The van der Waals surface area contributed by atoms with Gasteiger partial charge in [-0.3, -0.25) is 9.69 Å². The van der Waals surface area contributed by atoms with Crippen LogP contribution in [0.4, 0.5) is 4.79 Å². The van der Waals surface area contributed by atoms with Crippen LogP contribution in [0.2, 0.25) is 0 Å². The zero-order valence-electron chi connectivity index (χ0n) is 11.3. The Morgan fingerprint density at radius 1 is 1.16 bits per heavy atom. The Hall–Kier alpha value is -1.14. The molecular formula is C13H22N4O2. The van der Waals surface area contributed by atoms with E-state index in [0.29, 0.717) is 19.5 Å². The van der Waals surface area contributed by atoms with Crippen LogP contribution < -0.4 is 10.6 Å². The number of carbonyl (C=O) groups excluding carboxylic acids is 2. The van der Waals surface area contributed by atoms with Crippen molar-refractivity contribution in [1.82, 2.24) is 20.4 Å². The van der Waals surface area contributed by atoms with Gasteiger partial charge in [0.1, 0.15) is 5.54 Å². The van der Waals surface area contributed by atoms with Crippen molar-refractivity contribution in [2.45, 2.75) is 31.2 Å². The van der Waals surface area contributed by atoms with Crippen molar-refractivity contribution in [1.29, 1.82) is 0 Å². The summed E-state index contributed by atoms with van der Waals surface area (Å²) in [6.07, 6.45) is 4.14. The second-order valence-electron chi connectivity index (χ2n) is 5.80. The third kappa shape index (κ3) is 2.34. The number of hydrogen-bond donors (Lipinski definition) is 2. The first-order chi connectivity index (χ1) is 9.21. The summed E-state index contributed by atoms with van der Waals surface area (Å²) < 4.78 is 0. The number of urea groups is 1. The molecule has 3 aliphatic rings. The van der Waals surface area contributed by atoms with Crippen molar-refractivity contribution in [3.05, 3.63) is 0 Å². The minimum Gasteiger partial charge on any atom is -0.322 e. The molecule has 1 spiro atoms. The topological polar surface area (TPSA) is 64.7 Å². The summed E-state index contributed by atoms with van der Waals surface area (Å²) in [6.45, 7) is 5.22. The Bertz CT molecular complexity index is 373. The molecule has 0 aromatic rings. The average molecular weight is 266 g/mol. The first-order valence-electron chi connectivity index (χ1n) is 7.28. The van der Waals surface area contributed by atoms with Crippen molar-refractivity contribution in [3.8, 4) is 0 Å². The highest BCUT2D eigenvalue weighted by molar-refractivity contribution is 6.07. The number of likely N-dealkylation sites (tertiary alicyclic amines) is 1. The quantitative estimate of drug-likeness (QED) is 0.689. The maximum absolute atomic E-state index is 12.4. The molecule has 0 bridgehead atoms. The predicted molar refractivity (Wildman–Crippen MR) is 70.8 cm³/mol. The standard InChI is InChI=1S/C13H22N4O2/c18-11-13(4-5-14-10-13)15-12(19)17(11)9-3-8-16-6-1-2-7-16/h14H,1-10H2,(H,15,19). The lowest BCUT2D eigenvalue weighted by Gasteiger charge is -2.20. The molecule has 3 fully saturated rings. The van der Waals surface area contributed by atoms with Crippen LogP contribution in [0, 0.1) is 0 Å². The molecule has 0 radical (unpaired) electrons. The van der Waals surface area contributed by atoms with Crippen molar-refractivity contribution >= 4 is 11.9 Å². The van der Waals surface area contributed by atoms with Gasteiger partial charge in [0, 0.05) is 13.1 Å². The molecule has 3 rings (SSSR count). The molecule has 3 amide bonds. The Morgan fingerprint density at radius 2 is 1.95 bits per heavy atom. The fraction of sp³-hybridized carbons (Fsp3) is 0.846. The molecule has 6 heteroatoms. The Labute approximate surface area is 113 Å². The molecule has 0 saturated carbocycles. The third-order valence-corrected chi connectivity index (χ3v) is 4.46. The van der Waals surface area contributed by atoms with E-state index in [4.69, 9.17) is 0 Å². The maximum Gasteiger partial charge on any atom is 0.325 e. The Kier molecular flexibility index (Phi) is 3.45. The molecular weight excluding hydrogens is 244 g/mol. The maximum atomic E-state index is 12.4. The van der Waals surface area contributed by atoms with E-state index in [1.165, 1.54) is 17.7 Å². The van der Waals surface area contributed by atoms with Crippen molar-refractivity contribution in [2.75, 3.05) is 39.3 Å². The number of amides is 3. The highest BCUT2D eigenvalue weighted by Gasteiger charge is 2.52. The molecule has 0 aromatic carbocycles. The molecule has 3 aliphatic heterocycles. The monoisotopic (exact) mass is 266 g/mol. The summed E-state index contributed by atoms with van der Waals surface area (Å²) in [4.78, 5) is 28.1. The summed E-state index contributed by atoms with van der Waals surface area (Å²) in [5, 5.41) is 6.03. The van der Waals surface area contributed by atoms with Gasteiger partial charge in [-0.15, -0.1) is 0 Å². The van der Waals surface area contributed by atoms with Gasteiger partial charge in [-0.1, -0.05) is 0 Å². The van der Waals surface area contributed by atoms with Crippen molar-refractivity contribution < 1.29 is 9.59 Å². The van der Waals surface area contributed by atoms with Crippen LogP contribution in [0.25, 0.3) is 0 Å². The van der Waals surface area contributed by atoms with Crippen molar-refractivity contribution in [3.63, 3.8) is 0 Å². The van der Waals surface area contributed by atoms with E-state index < -0.39 is 5.54 Å². The van der Waals surface area contributed by atoms with E-state index in [-0.39, 0.29) is 11.9 Å². The first-order valence-corrected chi connectivity index (χ1v) is 7.28. The van der Waals surface area contributed by atoms with E-state index in [0.717, 1.165) is 32.6 Å². The van der Waals surface area contributed by atoms with Crippen LogP contribution in [0.3, 0.4) is 0 Å². The van der Waals surface area contributed by atoms with E-state index >= 15 is 0 Å². The molecule has 3 saturated heterocycles. The highest BCUT2D eigenvalue weighted by atomic mass is 16.2. The van der Waals surface area contributed by atoms with Gasteiger partial charge in [0.25, 0.3) is 5.91 Å². The van der Waals surface area contributed by atoms with Gasteiger partial charge in [0.05, 0.1) is 0 Å². The Balaban J connectivity index is 1.52. The first kappa shape index (κ1) is 12.9. The summed E-state index contributed by atoms with van der Waals surface area (Å²) in [5.74, 6) is -0.0380. The Morgan fingerprint density at radius 3 is 2.63 bits per heavy atom. The van der Waals surface area contributed by atoms with Gasteiger partial charge < -0.3 is 15.5 Å². The van der Waals surface area contributed by atoms with Crippen LogP contribution in [-0.4, -0.2) is 66.5 Å². The number of nitrogens with one attached hydrogen (secondary N) is 2. The zero-order valence-corrected chi connectivity index (χ0v) is 11.3. The lowest BCUT2D eigenvalue weighted by molar-refractivity contribution is -0.130. The molecule has 0 aromatic heterocycles. The lowest BCUT2D eigenvalue weighted by Crippen LogP contribution is -2.48. The number of carbonyl (C=O) groups is 2. The molecule has 19 heavy (non-hydrogen) atoms. The molecule has 106 valence electrons. The van der Waals surface area contributed by atoms with Crippen LogP contribution in [0.15, 0.2) is 0 Å². The van der Waals surface area contributed by atoms with E-state index in [2.05, 4.69) is 15.5 Å². The van der Waals surface area contributed by atoms with Gasteiger partial charge in [-0.25, -0.2) is 4.79 Å². The predicted octanol–water partition coefficient (Wildman–Crippen LogP) is -0.244. The minimum absolute atomic E-state index is 0.0380. The molecule has 1 unspecified atom stereocenters. The average Bonchev–Trinajstić information content (AvgIpc) is 3.08. The molecule has 2 N–H and O–H groups in total. The summed E-state index contributed by atoms with van der Waals surface area (Å²) in [5.41, 5.74) is -0.648. The van der Waals surface area contributed by atoms with E-state index in [9.17, 15) is 9.59 Å². The van der Waals surface area contributed by atoms with Crippen molar-refractivity contribution in [2.24, 2.45) is 0 Å². The van der Waals surface area contributed by atoms with Crippen LogP contribution >= 0.6 is 0 Å². The minimum atomic E-state index is -0.648. The molecule has 1 atom stereocenters. The number of hydrogen-bond acceptors (Lipinski definition) is 4.